The minimum atomic E-state index is -4.76. The van der Waals surface area contributed by atoms with Crippen molar-refractivity contribution in [1.82, 2.24) is 24.7 Å². The molecule has 1 aliphatic heterocycles. The first-order valence-corrected chi connectivity index (χ1v) is 13.7. The third-order valence-electron chi connectivity index (χ3n) is 6.57. The zero-order valence-electron chi connectivity index (χ0n) is 21.7. The molecule has 2 unspecified atom stereocenters. The fourth-order valence-electron chi connectivity index (χ4n) is 4.56. The Morgan fingerprint density at radius 2 is 1.88 bits per heavy atom. The molecule has 0 radical (unpaired) electrons. The highest BCUT2D eigenvalue weighted by Crippen LogP contribution is 2.38. The topological polar surface area (TPSA) is 142 Å². The van der Waals surface area contributed by atoms with Crippen LogP contribution in [0.2, 0.25) is 0 Å². The van der Waals surface area contributed by atoms with Gasteiger partial charge in [-0.25, -0.2) is 33.4 Å². The molecule has 16 heteroatoms. The molecule has 10 nitrogen and oxygen atoms in total. The van der Waals surface area contributed by atoms with E-state index >= 15 is 4.39 Å². The first-order valence-electron chi connectivity index (χ1n) is 12.6. The van der Waals surface area contributed by atoms with Crippen LogP contribution in [0, 0.1) is 5.82 Å². The number of alkyl halides is 4. The van der Waals surface area contributed by atoms with Crippen molar-refractivity contribution in [2.75, 3.05) is 43.5 Å². The number of nitrogens with one attached hydrogen (secondary N) is 1. The minimum Gasteiger partial charge on any atom is -0.760 e. The predicted molar refractivity (Wildman–Crippen MR) is 144 cm³/mol. The van der Waals surface area contributed by atoms with Gasteiger partial charge in [0.05, 0.1) is 30.0 Å². The molecule has 1 saturated heterocycles. The van der Waals surface area contributed by atoms with Gasteiger partial charge in [-0.15, -0.1) is 0 Å². The number of rotatable bonds is 8. The van der Waals surface area contributed by atoms with E-state index in [1.165, 1.54) is 30.3 Å². The van der Waals surface area contributed by atoms with Crippen LogP contribution in [0.25, 0.3) is 33.7 Å². The molecule has 1 aliphatic rings. The number of fused-ring (bicyclic) bond motifs is 1. The van der Waals surface area contributed by atoms with Gasteiger partial charge in [0.15, 0.2) is 11.6 Å². The molecule has 5 rings (SSSR count). The number of nitrogen functional groups attached to an aromatic ring is 1. The van der Waals surface area contributed by atoms with Crippen molar-refractivity contribution in [3.63, 3.8) is 0 Å². The van der Waals surface area contributed by atoms with Crippen molar-refractivity contribution < 1.29 is 35.5 Å². The third-order valence-corrected chi connectivity index (χ3v) is 7.01. The number of nitrogens with zero attached hydrogens (tertiary/aromatic N) is 5. The van der Waals surface area contributed by atoms with E-state index in [0.717, 1.165) is 6.20 Å². The molecule has 4 aromatic rings. The summed E-state index contributed by atoms with van der Waals surface area (Å²) in [5, 5.41) is 0. The Hall–Kier alpha value is -3.86. The second-order valence-electron chi connectivity index (χ2n) is 9.28. The average molecular weight is 609 g/mol. The fourth-order valence-corrected chi connectivity index (χ4v) is 4.85. The lowest BCUT2D eigenvalue weighted by molar-refractivity contribution is -0.137. The lowest BCUT2D eigenvalue weighted by Gasteiger charge is -2.28. The summed E-state index contributed by atoms with van der Waals surface area (Å²) in [6, 6.07) is 7.71. The number of morpholine rings is 1. The molecular formula is C26H23F5N7O3S-. The van der Waals surface area contributed by atoms with Crippen molar-refractivity contribution in [3.8, 4) is 22.6 Å². The summed E-state index contributed by atoms with van der Waals surface area (Å²) in [6.45, 7) is 1.16. The standard InChI is InChI=1S/C26H24F5N7O3S/c27-18(6-7-34-42(39)40)14-2-1-3-15(22(14)28)19-4-5-20-23(35-19)25(38-8-10-41-11-9-38)37-24(36-20)16-13-33-21(32)12-17(16)26(29,30)31/h1-5,12-13,18,34H,6-11H2,(H2,32,33)(H,39,40)/p-1. The number of nitrogens with two attached hydrogens (primary N) is 1. The summed E-state index contributed by atoms with van der Waals surface area (Å²) >= 11 is -2.58. The Balaban J connectivity index is 1.61. The molecule has 1 aromatic carbocycles. The van der Waals surface area contributed by atoms with Gasteiger partial charge in [0.1, 0.15) is 23.3 Å². The van der Waals surface area contributed by atoms with E-state index in [1.807, 2.05) is 4.72 Å². The minimum absolute atomic E-state index is 0.0310. The van der Waals surface area contributed by atoms with E-state index in [1.54, 1.807) is 4.90 Å². The zero-order chi connectivity index (χ0) is 30.0. The van der Waals surface area contributed by atoms with Crippen LogP contribution in [-0.4, -0.2) is 61.5 Å². The molecule has 3 N–H and O–H groups in total. The van der Waals surface area contributed by atoms with Crippen LogP contribution in [0.1, 0.15) is 23.7 Å². The maximum Gasteiger partial charge on any atom is 0.417 e. The van der Waals surface area contributed by atoms with Gasteiger partial charge in [0, 0.05) is 53.8 Å². The van der Waals surface area contributed by atoms with Gasteiger partial charge in [0.2, 0.25) is 0 Å². The van der Waals surface area contributed by atoms with E-state index < -0.39 is 35.0 Å². The summed E-state index contributed by atoms with van der Waals surface area (Å²) in [6.07, 6.45) is -5.89. The molecule has 42 heavy (non-hydrogen) atoms. The highest BCUT2D eigenvalue weighted by atomic mass is 32.2. The fraction of sp³-hybridized carbons (Fsp3) is 0.308. The Morgan fingerprint density at radius 1 is 1.12 bits per heavy atom. The van der Waals surface area contributed by atoms with Gasteiger partial charge in [-0.2, -0.15) is 13.2 Å². The maximum absolute atomic E-state index is 15.5. The lowest BCUT2D eigenvalue weighted by atomic mass is 10.0. The summed E-state index contributed by atoms with van der Waals surface area (Å²) in [5.74, 6) is -1.24. The molecule has 0 bridgehead atoms. The van der Waals surface area contributed by atoms with E-state index in [-0.39, 0.29) is 63.8 Å². The monoisotopic (exact) mass is 608 g/mol. The Labute approximate surface area is 238 Å². The summed E-state index contributed by atoms with van der Waals surface area (Å²) in [4.78, 5) is 18.9. The molecule has 2 atom stereocenters. The quantitative estimate of drug-likeness (QED) is 0.223. The second kappa shape index (κ2) is 12.2. The molecule has 0 aliphatic carbocycles. The molecule has 0 saturated carbocycles. The first kappa shape index (κ1) is 29.6. The number of hydrogen-bond acceptors (Lipinski definition) is 9. The molecular weight excluding hydrogens is 585 g/mol. The number of ether oxygens (including phenoxy) is 1. The number of aromatic nitrogens is 4. The van der Waals surface area contributed by atoms with Gasteiger partial charge in [0.25, 0.3) is 0 Å². The number of pyridine rings is 2. The smallest absolute Gasteiger partial charge is 0.417 e. The van der Waals surface area contributed by atoms with Gasteiger partial charge < -0.3 is 19.9 Å². The number of benzene rings is 1. The van der Waals surface area contributed by atoms with Crippen LogP contribution < -0.4 is 15.4 Å². The van der Waals surface area contributed by atoms with Crippen molar-refractivity contribution in [3.05, 3.63) is 59.5 Å². The Kier molecular flexibility index (Phi) is 8.58. The van der Waals surface area contributed by atoms with Crippen LogP contribution in [-0.2, 0) is 22.2 Å². The van der Waals surface area contributed by atoms with Crippen molar-refractivity contribution in [2.45, 2.75) is 18.8 Å². The van der Waals surface area contributed by atoms with Gasteiger partial charge in [-0.05, 0) is 30.7 Å². The molecule has 0 spiro atoms. The highest BCUT2D eigenvalue weighted by Gasteiger charge is 2.35. The first-order chi connectivity index (χ1) is 20.0. The highest BCUT2D eigenvalue weighted by molar-refractivity contribution is 7.77. The molecule has 3 aromatic heterocycles. The van der Waals surface area contributed by atoms with Crippen molar-refractivity contribution in [2.24, 2.45) is 0 Å². The summed E-state index contributed by atoms with van der Waals surface area (Å²) < 4.78 is 101. The zero-order valence-corrected chi connectivity index (χ0v) is 22.5. The van der Waals surface area contributed by atoms with Gasteiger partial charge in [-0.1, -0.05) is 12.1 Å². The van der Waals surface area contributed by atoms with Gasteiger partial charge in [-0.3, -0.25) is 4.21 Å². The number of anilines is 2. The van der Waals surface area contributed by atoms with Crippen molar-refractivity contribution >= 4 is 33.9 Å². The SMILES string of the molecule is Nc1cc(C(F)(F)F)c(-c2nc(N3CCOCC3)c3nc(-c4cccc(C(F)CCNS(=O)[O-])c4F)ccc3n2)cn1. The van der Waals surface area contributed by atoms with Crippen LogP contribution in [0.5, 0.6) is 0 Å². The van der Waals surface area contributed by atoms with E-state index in [4.69, 9.17) is 10.5 Å². The van der Waals surface area contributed by atoms with Gasteiger partial charge >= 0.3 is 6.18 Å². The summed E-state index contributed by atoms with van der Waals surface area (Å²) in [7, 11) is 0. The van der Waals surface area contributed by atoms with Crippen LogP contribution in [0.4, 0.5) is 33.6 Å². The van der Waals surface area contributed by atoms with Crippen LogP contribution >= 0.6 is 0 Å². The molecule has 222 valence electrons. The predicted octanol–water partition coefficient (Wildman–Crippen LogP) is 4.11. The Bertz CT molecular complexity index is 1640. The third kappa shape index (κ3) is 6.30. The lowest BCUT2D eigenvalue weighted by Crippen LogP contribution is -2.37. The van der Waals surface area contributed by atoms with Crippen LogP contribution in [0.15, 0.2) is 42.6 Å². The van der Waals surface area contributed by atoms with Crippen LogP contribution in [0.3, 0.4) is 0 Å². The number of hydrogen-bond donors (Lipinski definition) is 2. The second-order valence-corrected chi connectivity index (χ2v) is 10.0. The average Bonchev–Trinajstić information content (AvgIpc) is 2.96. The van der Waals surface area contributed by atoms with Crippen molar-refractivity contribution in [1.29, 1.82) is 0 Å². The molecule has 0 amide bonds. The molecule has 4 heterocycles. The molecule has 1 fully saturated rings. The van der Waals surface area contributed by atoms with E-state index in [2.05, 4.69) is 19.9 Å². The normalized spacial score (nSPS) is 15.6. The maximum atomic E-state index is 15.5. The Morgan fingerprint density at radius 3 is 2.60 bits per heavy atom. The van der Waals surface area contributed by atoms with E-state index in [9.17, 15) is 26.3 Å². The van der Waals surface area contributed by atoms with E-state index in [0.29, 0.717) is 32.4 Å². The number of halogens is 5. The largest absolute Gasteiger partial charge is 0.760 e. The summed E-state index contributed by atoms with van der Waals surface area (Å²) in [5.41, 5.74) is 4.28.